The second kappa shape index (κ2) is 6.23. The first-order valence-corrected chi connectivity index (χ1v) is 5.57. The van der Waals surface area contributed by atoms with Gasteiger partial charge in [0.05, 0.1) is 12.7 Å². The summed E-state index contributed by atoms with van der Waals surface area (Å²) in [5.74, 6) is 0.235. The molecule has 0 amide bonds. The minimum atomic E-state index is -0.257. The molecule has 0 N–H and O–H groups in total. The van der Waals surface area contributed by atoms with E-state index in [0.717, 1.165) is 19.7 Å². The molecule has 0 aliphatic heterocycles. The molecule has 0 aromatic carbocycles. The Balaban J connectivity index is 3.83. The minimum absolute atomic E-state index is 0.235. The number of carbonyl (C=O) groups is 1. The number of likely N-dealkylation sites (N-methyl/N-ethyl adjacent to an activating group) is 1. The maximum Gasteiger partial charge on any atom is 0.136 e. The number of hydrogen-bond acceptors (Lipinski definition) is 3. The highest BCUT2D eigenvalue weighted by atomic mass is 16.5. The van der Waals surface area contributed by atoms with Crippen LogP contribution in [0.4, 0.5) is 0 Å². The van der Waals surface area contributed by atoms with Crippen molar-refractivity contribution in [3.63, 3.8) is 0 Å². The third-order valence-electron chi connectivity index (χ3n) is 2.54. The first-order chi connectivity index (χ1) is 6.75. The van der Waals surface area contributed by atoms with Gasteiger partial charge in [-0.05, 0) is 27.8 Å². The average Bonchev–Trinajstić information content (AvgIpc) is 2.01. The first kappa shape index (κ1) is 14.6. The van der Waals surface area contributed by atoms with Crippen LogP contribution in [0.3, 0.4) is 0 Å². The Hall–Kier alpha value is -0.410. The van der Waals surface area contributed by atoms with E-state index in [1.165, 1.54) is 0 Å². The van der Waals surface area contributed by atoms with E-state index in [1.807, 2.05) is 34.7 Å². The molecule has 0 atom stereocenters. The van der Waals surface area contributed by atoms with Crippen molar-refractivity contribution in [1.29, 1.82) is 0 Å². The molecule has 3 heteroatoms. The van der Waals surface area contributed by atoms with Gasteiger partial charge in [0.1, 0.15) is 5.78 Å². The molecule has 0 aromatic rings. The van der Waals surface area contributed by atoms with Crippen LogP contribution in [0.15, 0.2) is 0 Å². The molecule has 0 aromatic heterocycles. The van der Waals surface area contributed by atoms with Crippen molar-refractivity contribution in [2.24, 2.45) is 5.41 Å². The second-order valence-electron chi connectivity index (χ2n) is 5.10. The summed E-state index contributed by atoms with van der Waals surface area (Å²) < 4.78 is 5.46. The summed E-state index contributed by atoms with van der Waals surface area (Å²) in [7, 11) is 2.02. The van der Waals surface area contributed by atoms with E-state index >= 15 is 0 Å². The van der Waals surface area contributed by atoms with Gasteiger partial charge in [-0.15, -0.1) is 0 Å². The largest absolute Gasteiger partial charge is 0.377 e. The molecule has 0 saturated carbocycles. The Morgan fingerprint density at radius 3 is 2.33 bits per heavy atom. The molecule has 0 bridgehead atoms. The lowest BCUT2D eigenvalue weighted by atomic mass is 9.88. The SMILES string of the molecule is CC(=O)C(C)(C)CN(C)CCOC(C)C. The van der Waals surface area contributed by atoms with Gasteiger partial charge in [-0.25, -0.2) is 0 Å². The Morgan fingerprint density at radius 2 is 1.93 bits per heavy atom. The molecule has 0 spiro atoms. The van der Waals surface area contributed by atoms with E-state index in [4.69, 9.17) is 4.74 Å². The fourth-order valence-electron chi connectivity index (χ4n) is 1.31. The molecule has 15 heavy (non-hydrogen) atoms. The van der Waals surface area contributed by atoms with E-state index in [-0.39, 0.29) is 17.3 Å². The third-order valence-corrected chi connectivity index (χ3v) is 2.54. The third kappa shape index (κ3) is 6.63. The smallest absolute Gasteiger partial charge is 0.136 e. The van der Waals surface area contributed by atoms with Crippen LogP contribution in [0.2, 0.25) is 0 Å². The lowest BCUT2D eigenvalue weighted by Crippen LogP contribution is -2.37. The van der Waals surface area contributed by atoms with Gasteiger partial charge in [-0.3, -0.25) is 4.79 Å². The highest BCUT2D eigenvalue weighted by Crippen LogP contribution is 2.17. The van der Waals surface area contributed by atoms with Gasteiger partial charge in [0.25, 0.3) is 0 Å². The van der Waals surface area contributed by atoms with Gasteiger partial charge in [-0.2, -0.15) is 0 Å². The monoisotopic (exact) mass is 215 g/mol. The van der Waals surface area contributed by atoms with Crippen LogP contribution in [-0.2, 0) is 9.53 Å². The second-order valence-corrected chi connectivity index (χ2v) is 5.10. The number of ketones is 1. The van der Waals surface area contributed by atoms with Crippen LogP contribution < -0.4 is 0 Å². The van der Waals surface area contributed by atoms with Gasteiger partial charge >= 0.3 is 0 Å². The van der Waals surface area contributed by atoms with Crippen molar-refractivity contribution in [1.82, 2.24) is 4.90 Å². The summed E-state index contributed by atoms with van der Waals surface area (Å²) >= 11 is 0. The average molecular weight is 215 g/mol. The fraction of sp³-hybridized carbons (Fsp3) is 0.917. The number of Topliss-reactive ketones (excluding diaryl/α,β-unsaturated/α-hetero) is 1. The van der Waals surface area contributed by atoms with Crippen molar-refractivity contribution >= 4 is 5.78 Å². The van der Waals surface area contributed by atoms with Gasteiger partial charge in [-0.1, -0.05) is 13.8 Å². The number of carbonyl (C=O) groups excluding carboxylic acids is 1. The van der Waals surface area contributed by atoms with Crippen LogP contribution in [0, 0.1) is 5.41 Å². The molecule has 0 unspecified atom stereocenters. The molecule has 0 saturated heterocycles. The summed E-state index contributed by atoms with van der Waals surface area (Å²) in [6.07, 6.45) is 0.277. The summed E-state index contributed by atoms with van der Waals surface area (Å²) in [6.45, 7) is 12.0. The van der Waals surface area contributed by atoms with E-state index in [1.54, 1.807) is 6.92 Å². The van der Waals surface area contributed by atoms with Crippen LogP contribution >= 0.6 is 0 Å². The molecule has 3 nitrogen and oxygen atoms in total. The zero-order chi connectivity index (χ0) is 12.1. The molecule has 0 aliphatic carbocycles. The highest BCUT2D eigenvalue weighted by Gasteiger charge is 2.24. The minimum Gasteiger partial charge on any atom is -0.377 e. The van der Waals surface area contributed by atoms with Crippen LogP contribution in [0.1, 0.15) is 34.6 Å². The maximum absolute atomic E-state index is 11.3. The number of rotatable bonds is 7. The van der Waals surface area contributed by atoms with Crippen molar-refractivity contribution in [2.75, 3.05) is 26.7 Å². The standard InChI is InChI=1S/C12H25NO2/c1-10(2)15-8-7-13(6)9-12(4,5)11(3)14/h10H,7-9H2,1-6H3. The lowest BCUT2D eigenvalue weighted by Gasteiger charge is -2.28. The number of hydrogen-bond donors (Lipinski definition) is 0. The van der Waals surface area contributed by atoms with Crippen LogP contribution in [0.25, 0.3) is 0 Å². The Labute approximate surface area is 93.8 Å². The summed E-state index contributed by atoms with van der Waals surface area (Å²) in [5, 5.41) is 0. The summed E-state index contributed by atoms with van der Waals surface area (Å²) in [4.78, 5) is 13.5. The van der Waals surface area contributed by atoms with E-state index in [2.05, 4.69) is 4.90 Å². The van der Waals surface area contributed by atoms with E-state index in [0.29, 0.717) is 0 Å². The van der Waals surface area contributed by atoms with E-state index in [9.17, 15) is 4.79 Å². The summed E-state index contributed by atoms with van der Waals surface area (Å²) in [6, 6.07) is 0. The van der Waals surface area contributed by atoms with Crippen molar-refractivity contribution < 1.29 is 9.53 Å². The Bertz CT molecular complexity index is 200. The molecular weight excluding hydrogens is 190 g/mol. The first-order valence-electron chi connectivity index (χ1n) is 5.57. The van der Waals surface area contributed by atoms with Crippen molar-refractivity contribution in [3.05, 3.63) is 0 Å². The van der Waals surface area contributed by atoms with Gasteiger partial charge in [0, 0.05) is 18.5 Å². The molecule has 90 valence electrons. The normalized spacial score (nSPS) is 12.5. The predicted molar refractivity (Wildman–Crippen MR) is 63.0 cm³/mol. The summed E-state index contributed by atoms with van der Waals surface area (Å²) in [5.41, 5.74) is -0.257. The molecule has 0 radical (unpaired) electrons. The van der Waals surface area contributed by atoms with Gasteiger partial charge < -0.3 is 9.64 Å². The Kier molecular flexibility index (Phi) is 6.06. The predicted octanol–water partition coefficient (Wildman–Crippen LogP) is 1.96. The fourth-order valence-corrected chi connectivity index (χ4v) is 1.31. The zero-order valence-corrected chi connectivity index (χ0v) is 11.0. The van der Waals surface area contributed by atoms with Crippen LogP contribution in [-0.4, -0.2) is 43.5 Å². The topological polar surface area (TPSA) is 29.5 Å². The lowest BCUT2D eigenvalue weighted by molar-refractivity contribution is -0.125. The molecule has 0 rings (SSSR count). The zero-order valence-electron chi connectivity index (χ0n) is 11.0. The van der Waals surface area contributed by atoms with Crippen LogP contribution in [0.5, 0.6) is 0 Å². The van der Waals surface area contributed by atoms with Gasteiger partial charge in [0.2, 0.25) is 0 Å². The maximum atomic E-state index is 11.3. The van der Waals surface area contributed by atoms with Crippen molar-refractivity contribution in [2.45, 2.75) is 40.7 Å². The number of nitrogens with zero attached hydrogens (tertiary/aromatic N) is 1. The quantitative estimate of drug-likeness (QED) is 0.650. The molecule has 0 aliphatic rings. The van der Waals surface area contributed by atoms with Crippen molar-refractivity contribution in [3.8, 4) is 0 Å². The highest BCUT2D eigenvalue weighted by molar-refractivity contribution is 5.81. The number of ether oxygens (including phenoxy) is 1. The Morgan fingerprint density at radius 1 is 1.40 bits per heavy atom. The molecular formula is C12H25NO2. The molecule has 0 fully saturated rings. The van der Waals surface area contributed by atoms with E-state index < -0.39 is 0 Å². The van der Waals surface area contributed by atoms with Gasteiger partial charge in [0.15, 0.2) is 0 Å². The molecule has 0 heterocycles.